The van der Waals surface area contributed by atoms with Gasteiger partial charge in [0.25, 0.3) is 0 Å². The molecule has 20 heteroatoms. The third-order valence-corrected chi connectivity index (χ3v) is 25.5. The summed E-state index contributed by atoms with van der Waals surface area (Å²) in [7, 11) is -20.1. The maximum atomic E-state index is 13.6. The minimum absolute atomic E-state index is 0.724. The molecule has 216 valence electrons. The molecule has 0 aromatic rings. The van der Waals surface area contributed by atoms with E-state index in [9.17, 15) is 52.7 Å². The lowest BCUT2D eigenvalue weighted by atomic mass is 10.8. The van der Waals surface area contributed by atoms with Gasteiger partial charge in [0.2, 0.25) is 0 Å². The fourth-order valence-electron chi connectivity index (χ4n) is 4.03. The van der Waals surface area contributed by atoms with Crippen LogP contribution in [0.25, 0.3) is 0 Å². The van der Waals surface area contributed by atoms with Crippen molar-refractivity contribution in [2.24, 2.45) is 0 Å². The molecule has 0 aromatic heterocycles. The molecule has 1 heterocycles. The lowest BCUT2D eigenvalue weighted by Gasteiger charge is -2.53. The summed E-state index contributed by atoms with van der Waals surface area (Å²) in [5.74, 6) is 0. The summed E-state index contributed by atoms with van der Waals surface area (Å²) in [6, 6.07) is -10.8. The van der Waals surface area contributed by atoms with Crippen molar-refractivity contribution >= 4 is 34.2 Å². The molecule has 0 unspecified atom stereocenters. The van der Waals surface area contributed by atoms with Gasteiger partial charge in [0.15, 0.2) is 0 Å². The van der Waals surface area contributed by atoms with E-state index >= 15 is 0 Å². The van der Waals surface area contributed by atoms with Crippen molar-refractivity contribution in [3.8, 4) is 0 Å². The Morgan fingerprint density at radius 1 is 0.361 bits per heavy atom. The molecule has 1 aliphatic rings. The first-order chi connectivity index (χ1) is 15.9. The van der Waals surface area contributed by atoms with Crippen molar-refractivity contribution in [2.75, 3.05) is 0 Å². The van der Waals surface area contributed by atoms with E-state index in [0.717, 1.165) is 27.7 Å². The molecule has 1 aliphatic heterocycles. The normalized spacial score (nSPS) is 33.3. The van der Waals surface area contributed by atoms with E-state index in [1.807, 2.05) is 0 Å². The van der Waals surface area contributed by atoms with E-state index in [1.54, 1.807) is 0 Å². The van der Waals surface area contributed by atoms with Crippen LogP contribution in [-0.4, -0.2) is 58.9 Å². The molecule has 1 rings (SSSR count). The van der Waals surface area contributed by atoms with Gasteiger partial charge in [-0.1, -0.05) is 27.7 Å². The van der Waals surface area contributed by atoms with Gasteiger partial charge >= 0.3 is 58.9 Å². The second-order valence-electron chi connectivity index (χ2n) is 8.63. The molecule has 0 amide bonds. The van der Waals surface area contributed by atoms with Gasteiger partial charge in [-0.25, -0.2) is 0 Å². The maximum absolute atomic E-state index is 13.6. The lowest BCUT2D eigenvalue weighted by Crippen LogP contribution is -2.71. The SMILES string of the molecule is CC[Si]1(CC(F)(F)F)O[Si](CC)(CC(F)(F)F)O[Si](CC)(CC(F)(F)F)O[Si](CC)(CC(F)(F)F)O1. The van der Waals surface area contributed by atoms with Crippen LogP contribution in [-0.2, 0) is 16.5 Å². The summed E-state index contributed by atoms with van der Waals surface area (Å²) in [5.41, 5.74) is 0. The predicted molar refractivity (Wildman–Crippen MR) is 113 cm³/mol. The number of hydrogen-bond acceptors (Lipinski definition) is 4. The number of halogens is 12. The summed E-state index contributed by atoms with van der Waals surface area (Å²) >= 11 is 0. The Balaban J connectivity index is 3.97. The molecular formula is C16H28F12O4Si4. The van der Waals surface area contributed by atoms with Crippen molar-refractivity contribution in [1.82, 2.24) is 0 Å². The van der Waals surface area contributed by atoms with Crippen LogP contribution in [0.15, 0.2) is 0 Å². The molecule has 4 nitrogen and oxygen atoms in total. The fraction of sp³-hybridized carbons (Fsp3) is 1.00. The Hall–Kier alpha value is -0.132. The Morgan fingerprint density at radius 3 is 0.583 bits per heavy atom. The van der Waals surface area contributed by atoms with Crippen LogP contribution in [0, 0.1) is 0 Å². The van der Waals surface area contributed by atoms with Crippen molar-refractivity contribution in [3.05, 3.63) is 0 Å². The van der Waals surface area contributed by atoms with Crippen LogP contribution in [0.4, 0.5) is 52.7 Å². The molecule has 0 bridgehead atoms. The van der Waals surface area contributed by atoms with E-state index in [1.165, 1.54) is 0 Å². The third kappa shape index (κ3) is 10.2. The van der Waals surface area contributed by atoms with Crippen molar-refractivity contribution in [1.29, 1.82) is 0 Å². The average molecular weight is 625 g/mol. The van der Waals surface area contributed by atoms with Crippen molar-refractivity contribution in [3.63, 3.8) is 0 Å². The maximum Gasteiger partial charge on any atom is 0.391 e. The van der Waals surface area contributed by atoms with Crippen LogP contribution in [0.2, 0.25) is 48.4 Å². The summed E-state index contributed by atoms with van der Waals surface area (Å²) in [5, 5.41) is 0. The second kappa shape index (κ2) is 11.2. The lowest BCUT2D eigenvalue weighted by molar-refractivity contribution is -0.120. The smallest absolute Gasteiger partial charge is 0.391 e. The zero-order valence-corrected chi connectivity index (χ0v) is 23.8. The molecule has 0 spiro atoms. The Labute approximate surface area is 204 Å². The van der Waals surface area contributed by atoms with Gasteiger partial charge in [-0.3, -0.25) is 0 Å². The zero-order chi connectivity index (χ0) is 28.5. The van der Waals surface area contributed by atoms with Gasteiger partial charge in [-0.05, 0) is 24.2 Å². The van der Waals surface area contributed by atoms with Gasteiger partial charge in [-0.15, -0.1) is 0 Å². The van der Waals surface area contributed by atoms with Crippen LogP contribution < -0.4 is 0 Å². The topological polar surface area (TPSA) is 36.9 Å². The van der Waals surface area contributed by atoms with Crippen LogP contribution in [0.3, 0.4) is 0 Å². The van der Waals surface area contributed by atoms with Crippen LogP contribution in [0.1, 0.15) is 27.7 Å². The largest absolute Gasteiger partial charge is 0.415 e. The van der Waals surface area contributed by atoms with Crippen molar-refractivity contribution < 1.29 is 69.1 Å². The molecule has 36 heavy (non-hydrogen) atoms. The molecular weight excluding hydrogens is 596 g/mol. The Kier molecular flexibility index (Phi) is 10.5. The monoisotopic (exact) mass is 624 g/mol. The third-order valence-electron chi connectivity index (χ3n) is 5.52. The standard InChI is InChI=1S/C16H28F12O4Si4/c1-5-33(9-13(17,18)19)29-34(6-2,10-14(20,21)22)31-36(8-4,12-16(26,27)28)32-35(7-3,30-33)11-15(23,24)25/h5-12H2,1-4H3. The number of rotatable bonds is 8. The van der Waals surface area contributed by atoms with Gasteiger partial charge < -0.3 is 16.5 Å². The summed E-state index contributed by atoms with van der Waals surface area (Å²) in [4.78, 5) is 0. The van der Waals surface area contributed by atoms with Gasteiger partial charge in [-0.2, -0.15) is 52.7 Å². The molecule has 0 N–H and O–H groups in total. The molecule has 0 aromatic carbocycles. The molecule has 0 radical (unpaired) electrons. The van der Waals surface area contributed by atoms with E-state index in [-0.39, 0.29) is 0 Å². The Morgan fingerprint density at radius 2 is 0.500 bits per heavy atom. The average Bonchev–Trinajstić information content (AvgIpc) is 2.61. The quantitative estimate of drug-likeness (QED) is 0.202. The zero-order valence-electron chi connectivity index (χ0n) is 19.8. The number of alkyl halides is 12. The van der Waals surface area contributed by atoms with Crippen LogP contribution >= 0.6 is 0 Å². The van der Waals surface area contributed by atoms with Gasteiger partial charge in [0, 0.05) is 0 Å². The van der Waals surface area contributed by atoms with E-state index in [2.05, 4.69) is 0 Å². The minimum Gasteiger partial charge on any atom is -0.415 e. The summed E-state index contributed by atoms with van der Waals surface area (Å²) < 4.78 is 185. The first-order valence-corrected chi connectivity index (χ1v) is 19.9. The fourth-order valence-corrected chi connectivity index (χ4v) is 27.4. The van der Waals surface area contributed by atoms with E-state index < -0.39 is 107 Å². The van der Waals surface area contributed by atoms with Gasteiger partial charge in [0.1, 0.15) is 0 Å². The molecule has 1 fully saturated rings. The highest BCUT2D eigenvalue weighted by Crippen LogP contribution is 2.49. The summed E-state index contributed by atoms with van der Waals surface area (Å²) in [6.45, 7) is 4.24. The Bertz CT molecular complexity index is 598. The first kappa shape index (κ1) is 33.9. The highest BCUT2D eigenvalue weighted by molar-refractivity contribution is 6.95. The molecule has 0 saturated carbocycles. The van der Waals surface area contributed by atoms with Crippen LogP contribution in [0.5, 0.6) is 0 Å². The highest BCUT2D eigenvalue weighted by atomic mass is 28.5. The second-order valence-corrected chi connectivity index (χ2v) is 23.4. The summed E-state index contributed by atoms with van der Waals surface area (Å²) in [6.07, 6.45) is -20.5. The predicted octanol–water partition coefficient (Wildman–Crippen LogP) is 8.16. The number of hydrogen-bond donors (Lipinski definition) is 0. The molecule has 0 aliphatic carbocycles. The molecule has 0 atom stereocenters. The van der Waals surface area contributed by atoms with Gasteiger partial charge in [0.05, 0.1) is 24.2 Å². The minimum atomic E-state index is -5.12. The molecule has 1 saturated heterocycles. The van der Waals surface area contributed by atoms with E-state index in [4.69, 9.17) is 16.5 Å². The highest BCUT2D eigenvalue weighted by Gasteiger charge is 2.67. The van der Waals surface area contributed by atoms with Crippen molar-refractivity contribution in [2.45, 2.75) is 101 Å². The first-order valence-electron chi connectivity index (χ1n) is 11.0. The van der Waals surface area contributed by atoms with E-state index in [0.29, 0.717) is 0 Å².